The number of rotatable bonds is 4. The van der Waals surface area contributed by atoms with Crippen LogP contribution in [0.15, 0.2) is 72.1 Å². The zero-order valence-electron chi connectivity index (χ0n) is 13.2. The molecule has 0 saturated carbocycles. The van der Waals surface area contributed by atoms with Gasteiger partial charge >= 0.3 is 5.97 Å². The molecule has 26 heavy (non-hydrogen) atoms. The molecule has 1 heterocycles. The van der Waals surface area contributed by atoms with Crippen LogP contribution < -0.4 is 0 Å². The summed E-state index contributed by atoms with van der Waals surface area (Å²) in [5.74, 6) is -1.08. The standard InChI is InChI=1S/C19H11Cl2FN2O2/c20-16-8-5-13(10-17(16)21)19(25)26-24-18(14-2-1-9-23-11-14)12-3-6-15(22)7-4-12/h1-11H/b24-18+. The Morgan fingerprint density at radius 1 is 0.962 bits per heavy atom. The molecule has 2 aromatic carbocycles. The van der Waals surface area contributed by atoms with E-state index in [9.17, 15) is 9.18 Å². The Labute approximate surface area is 158 Å². The van der Waals surface area contributed by atoms with Crippen molar-refractivity contribution in [2.45, 2.75) is 0 Å². The number of nitrogens with zero attached hydrogens (tertiary/aromatic N) is 2. The van der Waals surface area contributed by atoms with Gasteiger partial charge in [0.15, 0.2) is 0 Å². The van der Waals surface area contributed by atoms with Crippen molar-refractivity contribution >= 4 is 34.9 Å². The van der Waals surface area contributed by atoms with Gasteiger partial charge in [-0.25, -0.2) is 9.18 Å². The lowest BCUT2D eigenvalue weighted by molar-refractivity contribution is 0.0517. The molecule has 0 spiro atoms. The highest BCUT2D eigenvalue weighted by molar-refractivity contribution is 6.42. The monoisotopic (exact) mass is 388 g/mol. The maximum absolute atomic E-state index is 13.2. The molecule has 0 aliphatic heterocycles. The minimum atomic E-state index is -0.702. The van der Waals surface area contributed by atoms with Crippen LogP contribution in [0.5, 0.6) is 0 Å². The second-order valence-corrected chi connectivity index (χ2v) is 6.01. The molecular weight excluding hydrogens is 378 g/mol. The van der Waals surface area contributed by atoms with Crippen LogP contribution in [0, 0.1) is 5.82 Å². The van der Waals surface area contributed by atoms with Gasteiger partial charge in [-0.05, 0) is 54.6 Å². The first kappa shape index (κ1) is 18.0. The molecule has 0 aliphatic rings. The number of hydrogen-bond acceptors (Lipinski definition) is 4. The second-order valence-electron chi connectivity index (χ2n) is 5.20. The number of aromatic nitrogens is 1. The van der Waals surface area contributed by atoms with E-state index >= 15 is 0 Å². The zero-order chi connectivity index (χ0) is 18.5. The predicted octanol–water partition coefficient (Wildman–Crippen LogP) is 5.14. The molecule has 0 radical (unpaired) electrons. The lowest BCUT2D eigenvalue weighted by Gasteiger charge is -2.07. The fraction of sp³-hybridized carbons (Fsp3) is 0. The molecule has 0 atom stereocenters. The van der Waals surface area contributed by atoms with E-state index in [1.165, 1.54) is 42.5 Å². The van der Waals surface area contributed by atoms with E-state index in [4.69, 9.17) is 28.0 Å². The lowest BCUT2D eigenvalue weighted by atomic mass is 10.0. The highest BCUT2D eigenvalue weighted by atomic mass is 35.5. The molecule has 130 valence electrons. The van der Waals surface area contributed by atoms with E-state index in [0.717, 1.165) is 0 Å². The van der Waals surface area contributed by atoms with E-state index in [2.05, 4.69) is 10.1 Å². The summed E-state index contributed by atoms with van der Waals surface area (Å²) < 4.78 is 13.2. The normalized spacial score (nSPS) is 11.3. The Morgan fingerprint density at radius 3 is 2.35 bits per heavy atom. The number of halogens is 3. The van der Waals surface area contributed by atoms with Crippen LogP contribution in [0.4, 0.5) is 4.39 Å². The number of pyridine rings is 1. The Hall–Kier alpha value is -2.76. The summed E-state index contributed by atoms with van der Waals surface area (Å²) in [4.78, 5) is 21.3. The average molecular weight is 389 g/mol. The van der Waals surface area contributed by atoms with Crippen LogP contribution in [0.25, 0.3) is 0 Å². The van der Waals surface area contributed by atoms with E-state index < -0.39 is 5.97 Å². The van der Waals surface area contributed by atoms with Crippen LogP contribution in [0.3, 0.4) is 0 Å². The number of carbonyl (C=O) groups excluding carboxylic acids is 1. The molecule has 0 bridgehead atoms. The van der Waals surface area contributed by atoms with Gasteiger partial charge in [0.1, 0.15) is 11.5 Å². The lowest BCUT2D eigenvalue weighted by Crippen LogP contribution is -2.08. The van der Waals surface area contributed by atoms with E-state index in [1.807, 2.05) is 0 Å². The summed E-state index contributed by atoms with van der Waals surface area (Å²) in [5.41, 5.74) is 1.72. The molecule has 0 fully saturated rings. The molecule has 0 aliphatic carbocycles. The number of hydrogen-bond donors (Lipinski definition) is 0. The second kappa shape index (κ2) is 8.08. The summed E-state index contributed by atoms with van der Waals surface area (Å²) in [6.45, 7) is 0. The first-order chi connectivity index (χ1) is 12.5. The highest BCUT2D eigenvalue weighted by Crippen LogP contribution is 2.23. The summed E-state index contributed by atoms with van der Waals surface area (Å²) in [5, 5.41) is 4.51. The van der Waals surface area contributed by atoms with Crippen molar-refractivity contribution in [3.8, 4) is 0 Å². The molecule has 3 rings (SSSR count). The van der Waals surface area contributed by atoms with Crippen LogP contribution in [0.2, 0.25) is 10.0 Å². The van der Waals surface area contributed by atoms with Crippen molar-refractivity contribution < 1.29 is 14.0 Å². The van der Waals surface area contributed by atoms with Crippen molar-refractivity contribution in [1.82, 2.24) is 4.98 Å². The molecule has 1 aromatic heterocycles. The first-order valence-electron chi connectivity index (χ1n) is 7.45. The van der Waals surface area contributed by atoms with Gasteiger partial charge in [-0.15, -0.1) is 0 Å². The van der Waals surface area contributed by atoms with Crippen LogP contribution in [-0.4, -0.2) is 16.7 Å². The van der Waals surface area contributed by atoms with Crippen LogP contribution in [-0.2, 0) is 4.84 Å². The van der Waals surface area contributed by atoms with Gasteiger partial charge in [0.05, 0.1) is 15.6 Å². The van der Waals surface area contributed by atoms with Gasteiger partial charge in [0.2, 0.25) is 0 Å². The van der Waals surface area contributed by atoms with Crippen molar-refractivity contribution in [1.29, 1.82) is 0 Å². The topological polar surface area (TPSA) is 51.5 Å². The Kier molecular flexibility index (Phi) is 5.61. The molecule has 0 amide bonds. The fourth-order valence-electron chi connectivity index (χ4n) is 2.15. The van der Waals surface area contributed by atoms with E-state index in [-0.39, 0.29) is 16.4 Å². The third-order valence-corrected chi connectivity index (χ3v) is 4.17. The van der Waals surface area contributed by atoms with Gasteiger partial charge in [0.25, 0.3) is 0 Å². The SMILES string of the molecule is O=C(O/N=C(\c1ccc(F)cc1)c1cccnc1)c1ccc(Cl)c(Cl)c1. The van der Waals surface area contributed by atoms with Crippen LogP contribution >= 0.6 is 23.2 Å². The molecule has 7 heteroatoms. The average Bonchev–Trinajstić information content (AvgIpc) is 2.66. The predicted molar refractivity (Wildman–Crippen MR) is 98.2 cm³/mol. The molecule has 0 N–H and O–H groups in total. The van der Waals surface area contributed by atoms with Gasteiger partial charge in [-0.3, -0.25) is 4.98 Å². The van der Waals surface area contributed by atoms with E-state index in [0.29, 0.717) is 21.9 Å². The Morgan fingerprint density at radius 2 is 1.69 bits per heavy atom. The highest BCUT2D eigenvalue weighted by Gasteiger charge is 2.13. The van der Waals surface area contributed by atoms with Gasteiger partial charge in [-0.1, -0.05) is 28.4 Å². The van der Waals surface area contributed by atoms with Crippen LogP contribution in [0.1, 0.15) is 21.5 Å². The van der Waals surface area contributed by atoms with E-state index in [1.54, 1.807) is 24.5 Å². The molecule has 0 unspecified atom stereocenters. The summed E-state index contributed by atoms with van der Waals surface area (Å²) in [6, 6.07) is 13.5. The third kappa shape index (κ3) is 4.25. The van der Waals surface area contributed by atoms with Crippen molar-refractivity contribution in [3.63, 3.8) is 0 Å². The minimum absolute atomic E-state index is 0.202. The zero-order valence-corrected chi connectivity index (χ0v) is 14.7. The number of carbonyl (C=O) groups is 1. The maximum Gasteiger partial charge on any atom is 0.365 e. The molecule has 4 nitrogen and oxygen atoms in total. The summed E-state index contributed by atoms with van der Waals surface area (Å²) in [7, 11) is 0. The first-order valence-corrected chi connectivity index (χ1v) is 8.21. The third-order valence-electron chi connectivity index (χ3n) is 3.43. The van der Waals surface area contributed by atoms with Crippen molar-refractivity contribution in [3.05, 3.63) is 99.5 Å². The summed E-state index contributed by atoms with van der Waals surface area (Å²) in [6.07, 6.45) is 3.17. The summed E-state index contributed by atoms with van der Waals surface area (Å²) >= 11 is 11.7. The molecule has 0 saturated heterocycles. The minimum Gasteiger partial charge on any atom is -0.312 e. The quantitative estimate of drug-likeness (QED) is 0.353. The van der Waals surface area contributed by atoms with Gasteiger partial charge in [-0.2, -0.15) is 0 Å². The van der Waals surface area contributed by atoms with Crippen molar-refractivity contribution in [2.24, 2.45) is 5.16 Å². The van der Waals surface area contributed by atoms with Gasteiger partial charge < -0.3 is 4.84 Å². The fourth-order valence-corrected chi connectivity index (χ4v) is 2.44. The van der Waals surface area contributed by atoms with Gasteiger partial charge in [0, 0.05) is 23.5 Å². The number of benzene rings is 2. The van der Waals surface area contributed by atoms with Crippen molar-refractivity contribution in [2.75, 3.05) is 0 Å². The maximum atomic E-state index is 13.2. The largest absolute Gasteiger partial charge is 0.365 e. The molecule has 3 aromatic rings. The smallest absolute Gasteiger partial charge is 0.312 e. The molecular formula is C19H11Cl2FN2O2. The Bertz CT molecular complexity index is 961. The Balaban J connectivity index is 1.92. The number of oxime groups is 1.